The normalized spacial score (nSPS) is 30.8. The van der Waals surface area contributed by atoms with Crippen LogP contribution in [0.25, 0.3) is 0 Å². The van der Waals surface area contributed by atoms with Crippen molar-refractivity contribution in [2.45, 2.75) is 44.6 Å². The fourth-order valence-electron chi connectivity index (χ4n) is 3.15. The number of halogens is 1. The molecule has 114 valence electrons. The van der Waals surface area contributed by atoms with E-state index in [1.165, 1.54) is 31.7 Å². The molecule has 1 aliphatic carbocycles. The summed E-state index contributed by atoms with van der Waals surface area (Å²) in [7, 11) is 0. The minimum atomic E-state index is -0.163. The zero-order valence-electron chi connectivity index (χ0n) is 12.6. The van der Waals surface area contributed by atoms with Gasteiger partial charge in [0, 0.05) is 17.8 Å². The Morgan fingerprint density at radius 3 is 2.95 bits per heavy atom. The van der Waals surface area contributed by atoms with Gasteiger partial charge >= 0.3 is 0 Å². The quantitative estimate of drug-likeness (QED) is 0.912. The van der Waals surface area contributed by atoms with E-state index in [1.54, 1.807) is 12.1 Å². The number of nitrogens with one attached hydrogen (secondary N) is 1. The first kappa shape index (κ1) is 14.9. The molecule has 0 aromatic heterocycles. The van der Waals surface area contributed by atoms with E-state index in [0.717, 1.165) is 35.4 Å². The maximum absolute atomic E-state index is 13.1. The summed E-state index contributed by atoms with van der Waals surface area (Å²) in [5.41, 5.74) is 1.32. The average Bonchev–Trinajstić information content (AvgIpc) is 2.86. The van der Waals surface area contributed by atoms with Crippen molar-refractivity contribution < 1.29 is 4.39 Å². The van der Waals surface area contributed by atoms with Crippen molar-refractivity contribution in [3.8, 4) is 0 Å². The van der Waals surface area contributed by atoms with Gasteiger partial charge in [-0.1, -0.05) is 30.8 Å². The number of aliphatic imine (C=N–C) groups is 1. The smallest absolute Gasteiger partial charge is 0.157 e. The highest BCUT2D eigenvalue weighted by molar-refractivity contribution is 8.14. The molecule has 0 bridgehead atoms. The molecule has 1 saturated carbocycles. The molecule has 21 heavy (non-hydrogen) atoms. The van der Waals surface area contributed by atoms with E-state index in [4.69, 9.17) is 0 Å². The van der Waals surface area contributed by atoms with Crippen LogP contribution in [0.15, 0.2) is 29.3 Å². The van der Waals surface area contributed by atoms with Gasteiger partial charge in [0.2, 0.25) is 0 Å². The SMILES string of the molecule is CC1CCC2(CC1)CSC(=NCCc1cccc(F)c1)N2. The molecule has 0 radical (unpaired) electrons. The molecule has 0 amide bonds. The van der Waals surface area contributed by atoms with Gasteiger partial charge in [-0.3, -0.25) is 4.99 Å². The Morgan fingerprint density at radius 2 is 2.19 bits per heavy atom. The Labute approximate surface area is 130 Å². The molecule has 2 fully saturated rings. The molecular formula is C17H23FN2S. The predicted octanol–water partition coefficient (Wildman–Crippen LogP) is 4.01. The van der Waals surface area contributed by atoms with Gasteiger partial charge in [-0.15, -0.1) is 0 Å². The second-order valence-electron chi connectivity index (χ2n) is 6.44. The molecule has 1 aromatic rings. The van der Waals surface area contributed by atoms with E-state index < -0.39 is 0 Å². The van der Waals surface area contributed by atoms with E-state index in [2.05, 4.69) is 17.2 Å². The van der Waals surface area contributed by atoms with Crippen molar-refractivity contribution in [3.63, 3.8) is 0 Å². The van der Waals surface area contributed by atoms with Gasteiger partial charge in [0.15, 0.2) is 5.17 Å². The summed E-state index contributed by atoms with van der Waals surface area (Å²) in [6, 6.07) is 6.80. The van der Waals surface area contributed by atoms with Crippen molar-refractivity contribution in [3.05, 3.63) is 35.6 Å². The summed E-state index contributed by atoms with van der Waals surface area (Å²) in [6.45, 7) is 3.08. The molecule has 4 heteroatoms. The van der Waals surface area contributed by atoms with Gasteiger partial charge in [-0.2, -0.15) is 0 Å². The molecule has 1 saturated heterocycles. The fourth-order valence-corrected chi connectivity index (χ4v) is 4.40. The monoisotopic (exact) mass is 306 g/mol. The van der Waals surface area contributed by atoms with Crippen LogP contribution in [-0.2, 0) is 6.42 Å². The zero-order chi connectivity index (χ0) is 14.7. The number of nitrogens with zero attached hydrogens (tertiary/aromatic N) is 1. The molecule has 1 heterocycles. The minimum Gasteiger partial charge on any atom is -0.359 e. The Balaban J connectivity index is 1.52. The lowest BCUT2D eigenvalue weighted by molar-refractivity contribution is 0.251. The molecule has 1 aliphatic heterocycles. The number of benzene rings is 1. The minimum absolute atomic E-state index is 0.163. The van der Waals surface area contributed by atoms with E-state index in [9.17, 15) is 4.39 Å². The molecule has 0 unspecified atom stereocenters. The van der Waals surface area contributed by atoms with Crippen molar-refractivity contribution in [1.82, 2.24) is 5.32 Å². The molecule has 3 rings (SSSR count). The standard InChI is InChI=1S/C17H23FN2S/c1-13-5-8-17(9-6-13)12-21-16(20-17)19-10-7-14-3-2-4-15(18)11-14/h2-4,11,13H,5-10,12H2,1H3,(H,19,20). The average molecular weight is 306 g/mol. The summed E-state index contributed by atoms with van der Waals surface area (Å²) >= 11 is 1.85. The molecule has 1 N–H and O–H groups in total. The first-order valence-electron chi connectivity index (χ1n) is 7.85. The fraction of sp³-hybridized carbons (Fsp3) is 0.588. The molecular weight excluding hydrogens is 283 g/mol. The Hall–Kier alpha value is -1.03. The van der Waals surface area contributed by atoms with Gasteiger partial charge in [0.05, 0.1) is 0 Å². The second kappa shape index (κ2) is 6.39. The molecule has 0 atom stereocenters. The molecule has 1 spiro atoms. The van der Waals surface area contributed by atoms with E-state index in [1.807, 2.05) is 17.8 Å². The topological polar surface area (TPSA) is 24.4 Å². The van der Waals surface area contributed by atoms with Gasteiger partial charge in [0.25, 0.3) is 0 Å². The largest absolute Gasteiger partial charge is 0.359 e. The van der Waals surface area contributed by atoms with Crippen LogP contribution >= 0.6 is 11.8 Å². The van der Waals surface area contributed by atoms with Crippen LogP contribution in [0.5, 0.6) is 0 Å². The maximum Gasteiger partial charge on any atom is 0.157 e. The summed E-state index contributed by atoms with van der Waals surface area (Å²) in [4.78, 5) is 4.66. The number of rotatable bonds is 3. The van der Waals surface area contributed by atoms with Crippen LogP contribution in [0.4, 0.5) is 4.39 Å². The summed E-state index contributed by atoms with van der Waals surface area (Å²) in [6.07, 6.45) is 5.98. The van der Waals surface area contributed by atoms with Crippen LogP contribution in [0.1, 0.15) is 38.2 Å². The van der Waals surface area contributed by atoms with Crippen molar-refractivity contribution in [1.29, 1.82) is 0 Å². The molecule has 2 aliphatic rings. The van der Waals surface area contributed by atoms with E-state index in [-0.39, 0.29) is 5.82 Å². The van der Waals surface area contributed by atoms with Crippen molar-refractivity contribution >= 4 is 16.9 Å². The third-order valence-corrected chi connectivity index (χ3v) is 5.84. The maximum atomic E-state index is 13.1. The van der Waals surface area contributed by atoms with Gasteiger partial charge < -0.3 is 5.32 Å². The van der Waals surface area contributed by atoms with Crippen LogP contribution in [0, 0.1) is 11.7 Å². The van der Waals surface area contributed by atoms with Crippen molar-refractivity contribution in [2.75, 3.05) is 12.3 Å². The lowest BCUT2D eigenvalue weighted by atomic mass is 9.78. The summed E-state index contributed by atoms with van der Waals surface area (Å²) < 4.78 is 13.1. The van der Waals surface area contributed by atoms with Crippen LogP contribution in [-0.4, -0.2) is 23.0 Å². The molecule has 1 aromatic carbocycles. The van der Waals surface area contributed by atoms with Crippen LogP contribution in [0.3, 0.4) is 0 Å². The van der Waals surface area contributed by atoms with Crippen LogP contribution in [0.2, 0.25) is 0 Å². The number of thioether (sulfide) groups is 1. The lowest BCUT2D eigenvalue weighted by Gasteiger charge is -2.35. The zero-order valence-corrected chi connectivity index (χ0v) is 13.4. The predicted molar refractivity (Wildman–Crippen MR) is 88.4 cm³/mol. The number of hydrogen-bond acceptors (Lipinski definition) is 2. The summed E-state index contributed by atoms with van der Waals surface area (Å²) in [5.74, 6) is 1.86. The van der Waals surface area contributed by atoms with Gasteiger partial charge in [-0.05, 0) is 55.7 Å². The Morgan fingerprint density at radius 1 is 1.38 bits per heavy atom. The summed E-state index contributed by atoms with van der Waals surface area (Å²) in [5, 5.41) is 4.75. The Kier molecular flexibility index (Phi) is 4.53. The lowest BCUT2D eigenvalue weighted by Crippen LogP contribution is -2.46. The Bertz CT molecular complexity index is 521. The third-order valence-electron chi connectivity index (χ3n) is 4.63. The van der Waals surface area contributed by atoms with Crippen LogP contribution < -0.4 is 5.32 Å². The van der Waals surface area contributed by atoms with Gasteiger partial charge in [0.1, 0.15) is 5.82 Å². The highest BCUT2D eigenvalue weighted by atomic mass is 32.2. The number of hydrogen-bond donors (Lipinski definition) is 1. The third kappa shape index (κ3) is 3.79. The highest BCUT2D eigenvalue weighted by Gasteiger charge is 2.39. The van der Waals surface area contributed by atoms with E-state index >= 15 is 0 Å². The highest BCUT2D eigenvalue weighted by Crippen LogP contribution is 2.38. The van der Waals surface area contributed by atoms with Gasteiger partial charge in [-0.25, -0.2) is 4.39 Å². The second-order valence-corrected chi connectivity index (χ2v) is 7.41. The number of amidine groups is 1. The first-order chi connectivity index (χ1) is 10.2. The first-order valence-corrected chi connectivity index (χ1v) is 8.84. The van der Waals surface area contributed by atoms with E-state index in [0.29, 0.717) is 5.54 Å². The molecule has 2 nitrogen and oxygen atoms in total. The van der Waals surface area contributed by atoms with Crippen molar-refractivity contribution in [2.24, 2.45) is 10.9 Å².